The van der Waals surface area contributed by atoms with Crippen molar-refractivity contribution in [2.24, 2.45) is 0 Å². The fourth-order valence-electron chi connectivity index (χ4n) is 1.51. The van der Waals surface area contributed by atoms with E-state index in [9.17, 15) is 4.79 Å². The third-order valence-electron chi connectivity index (χ3n) is 2.28. The van der Waals surface area contributed by atoms with E-state index < -0.39 is 0 Å². The molecule has 1 aromatic rings. The van der Waals surface area contributed by atoms with Gasteiger partial charge in [-0.3, -0.25) is 9.48 Å². The van der Waals surface area contributed by atoms with Gasteiger partial charge < -0.3 is 5.32 Å². The van der Waals surface area contributed by atoms with Gasteiger partial charge in [-0.15, -0.1) is 0 Å². The highest BCUT2D eigenvalue weighted by atomic mass is 16.2. The summed E-state index contributed by atoms with van der Waals surface area (Å²) >= 11 is 0. The van der Waals surface area contributed by atoms with E-state index in [0.29, 0.717) is 11.7 Å². The van der Waals surface area contributed by atoms with Crippen molar-refractivity contribution in [3.05, 3.63) is 18.0 Å². The molecule has 4 heteroatoms. The van der Waals surface area contributed by atoms with Gasteiger partial charge in [-0.2, -0.15) is 5.10 Å². The first-order valence-electron chi connectivity index (χ1n) is 5.33. The molecular formula is C11H17N3O. The second-order valence-electron chi connectivity index (χ2n) is 5.10. The molecule has 1 aromatic heterocycles. The highest BCUT2D eigenvalue weighted by molar-refractivity contribution is 5.93. The lowest BCUT2D eigenvalue weighted by Gasteiger charge is -2.20. The molecule has 0 unspecified atom stereocenters. The van der Waals surface area contributed by atoms with Crippen LogP contribution < -0.4 is 5.32 Å². The number of nitrogens with zero attached hydrogens (tertiary/aromatic N) is 2. The molecule has 0 aromatic carbocycles. The maximum absolute atomic E-state index is 11.9. The predicted octanol–water partition coefficient (Wildman–Crippen LogP) is 1.75. The second-order valence-corrected chi connectivity index (χ2v) is 5.10. The molecule has 82 valence electrons. The van der Waals surface area contributed by atoms with Gasteiger partial charge in [0.1, 0.15) is 5.69 Å². The molecule has 1 N–H and O–H groups in total. The summed E-state index contributed by atoms with van der Waals surface area (Å²) in [7, 11) is 0. The summed E-state index contributed by atoms with van der Waals surface area (Å²) < 4.78 is 1.83. The maximum Gasteiger partial charge on any atom is 0.269 e. The Hall–Kier alpha value is -1.32. The smallest absolute Gasteiger partial charge is 0.269 e. The molecule has 1 amide bonds. The Kier molecular flexibility index (Phi) is 2.29. The lowest BCUT2D eigenvalue weighted by molar-refractivity contribution is 0.0908. The van der Waals surface area contributed by atoms with Gasteiger partial charge in [0.15, 0.2) is 0 Å². The first-order chi connectivity index (χ1) is 6.97. The van der Waals surface area contributed by atoms with Gasteiger partial charge in [0.2, 0.25) is 0 Å². The van der Waals surface area contributed by atoms with Crippen LogP contribution in [0.2, 0.25) is 0 Å². The summed E-state index contributed by atoms with van der Waals surface area (Å²) in [6.45, 7) is 5.92. The van der Waals surface area contributed by atoms with E-state index in [0.717, 1.165) is 12.8 Å². The predicted molar refractivity (Wildman–Crippen MR) is 57.7 cm³/mol. The van der Waals surface area contributed by atoms with Crippen LogP contribution in [0.4, 0.5) is 0 Å². The molecular weight excluding hydrogens is 190 g/mol. The van der Waals surface area contributed by atoms with E-state index in [2.05, 4.69) is 10.4 Å². The Balaban J connectivity index is 2.14. The highest BCUT2D eigenvalue weighted by Crippen LogP contribution is 2.35. The van der Waals surface area contributed by atoms with Gasteiger partial charge in [0.25, 0.3) is 5.91 Å². The minimum absolute atomic E-state index is 0.0353. The topological polar surface area (TPSA) is 46.9 Å². The molecule has 0 saturated heterocycles. The summed E-state index contributed by atoms with van der Waals surface area (Å²) in [5.41, 5.74) is 0.475. The molecule has 4 nitrogen and oxygen atoms in total. The first-order valence-corrected chi connectivity index (χ1v) is 5.33. The fourth-order valence-corrected chi connectivity index (χ4v) is 1.51. The van der Waals surface area contributed by atoms with Crippen molar-refractivity contribution in [2.75, 3.05) is 0 Å². The molecule has 1 aliphatic rings. The van der Waals surface area contributed by atoms with E-state index in [1.54, 1.807) is 12.3 Å². The van der Waals surface area contributed by atoms with Gasteiger partial charge in [-0.1, -0.05) is 0 Å². The minimum Gasteiger partial charge on any atom is -0.346 e. The van der Waals surface area contributed by atoms with Gasteiger partial charge in [0.05, 0.1) is 6.04 Å². The van der Waals surface area contributed by atoms with E-state index in [1.165, 1.54) is 0 Å². The number of rotatable bonds is 2. The third kappa shape index (κ3) is 2.37. The van der Waals surface area contributed by atoms with E-state index in [1.807, 2.05) is 25.5 Å². The SMILES string of the molecule is CC(C)(C)NC(=O)c1ccnn1C1CC1. The molecule has 0 radical (unpaired) electrons. The van der Waals surface area contributed by atoms with Crippen molar-refractivity contribution in [2.45, 2.75) is 45.2 Å². The zero-order chi connectivity index (χ0) is 11.1. The van der Waals surface area contributed by atoms with E-state index >= 15 is 0 Å². The minimum atomic E-state index is -0.199. The van der Waals surface area contributed by atoms with E-state index in [-0.39, 0.29) is 11.4 Å². The quantitative estimate of drug-likeness (QED) is 0.803. The molecule has 1 heterocycles. The molecule has 15 heavy (non-hydrogen) atoms. The molecule has 0 spiro atoms. The fraction of sp³-hybridized carbons (Fsp3) is 0.636. The Labute approximate surface area is 89.7 Å². The average molecular weight is 207 g/mol. The Morgan fingerprint density at radius 2 is 2.20 bits per heavy atom. The van der Waals surface area contributed by atoms with Crippen LogP contribution in [0.15, 0.2) is 12.3 Å². The summed E-state index contributed by atoms with van der Waals surface area (Å²) in [5, 5.41) is 7.13. The van der Waals surface area contributed by atoms with Crippen molar-refractivity contribution >= 4 is 5.91 Å². The van der Waals surface area contributed by atoms with Crippen LogP contribution in [0.3, 0.4) is 0 Å². The number of hydrogen-bond acceptors (Lipinski definition) is 2. The molecule has 0 aliphatic heterocycles. The van der Waals surface area contributed by atoms with Crippen molar-refractivity contribution in [1.29, 1.82) is 0 Å². The van der Waals surface area contributed by atoms with Gasteiger partial charge in [0, 0.05) is 11.7 Å². The highest BCUT2D eigenvalue weighted by Gasteiger charge is 2.29. The largest absolute Gasteiger partial charge is 0.346 e. The summed E-state index contributed by atoms with van der Waals surface area (Å²) in [6.07, 6.45) is 3.96. The summed E-state index contributed by atoms with van der Waals surface area (Å²) in [4.78, 5) is 11.9. The zero-order valence-electron chi connectivity index (χ0n) is 9.45. The number of carbonyl (C=O) groups is 1. The van der Waals surface area contributed by atoms with Crippen LogP contribution in [0.1, 0.15) is 50.1 Å². The van der Waals surface area contributed by atoms with Gasteiger partial charge in [-0.25, -0.2) is 0 Å². The molecule has 1 saturated carbocycles. The standard InChI is InChI=1S/C11H17N3O/c1-11(2,3)13-10(15)9-6-7-12-14(9)8-4-5-8/h6-8H,4-5H2,1-3H3,(H,13,15). The van der Waals surface area contributed by atoms with Crippen LogP contribution >= 0.6 is 0 Å². The van der Waals surface area contributed by atoms with Gasteiger partial charge in [-0.05, 0) is 39.7 Å². The van der Waals surface area contributed by atoms with Crippen LogP contribution in [-0.4, -0.2) is 21.2 Å². The number of nitrogens with one attached hydrogen (secondary N) is 1. The number of carbonyl (C=O) groups excluding carboxylic acids is 1. The Morgan fingerprint density at radius 1 is 1.53 bits per heavy atom. The number of amides is 1. The number of hydrogen-bond donors (Lipinski definition) is 1. The summed E-state index contributed by atoms with van der Waals surface area (Å²) in [6, 6.07) is 2.22. The lowest BCUT2D eigenvalue weighted by Crippen LogP contribution is -2.41. The Morgan fingerprint density at radius 3 is 2.73 bits per heavy atom. The van der Waals surface area contributed by atoms with Crippen LogP contribution in [-0.2, 0) is 0 Å². The lowest BCUT2D eigenvalue weighted by atomic mass is 10.1. The third-order valence-corrected chi connectivity index (χ3v) is 2.28. The van der Waals surface area contributed by atoms with Crippen LogP contribution in [0.5, 0.6) is 0 Å². The zero-order valence-corrected chi connectivity index (χ0v) is 9.45. The number of aromatic nitrogens is 2. The van der Waals surface area contributed by atoms with Crippen LogP contribution in [0, 0.1) is 0 Å². The average Bonchev–Trinajstić information content (AvgIpc) is 2.80. The van der Waals surface area contributed by atoms with Crippen LogP contribution in [0.25, 0.3) is 0 Å². The van der Waals surface area contributed by atoms with Crippen molar-refractivity contribution in [1.82, 2.24) is 15.1 Å². The monoisotopic (exact) mass is 207 g/mol. The summed E-state index contributed by atoms with van der Waals surface area (Å²) in [5.74, 6) is -0.0353. The first kappa shape index (κ1) is 10.2. The molecule has 0 bridgehead atoms. The van der Waals surface area contributed by atoms with E-state index in [4.69, 9.17) is 0 Å². The Bertz CT molecular complexity index is 371. The second kappa shape index (κ2) is 3.36. The maximum atomic E-state index is 11.9. The van der Waals surface area contributed by atoms with Crippen molar-refractivity contribution in [3.8, 4) is 0 Å². The van der Waals surface area contributed by atoms with Crippen molar-refractivity contribution < 1.29 is 4.79 Å². The van der Waals surface area contributed by atoms with Gasteiger partial charge >= 0.3 is 0 Å². The van der Waals surface area contributed by atoms with Crippen molar-refractivity contribution in [3.63, 3.8) is 0 Å². The molecule has 1 aliphatic carbocycles. The normalized spacial score (nSPS) is 16.5. The molecule has 1 fully saturated rings. The molecule has 2 rings (SSSR count). The molecule has 0 atom stereocenters.